The van der Waals surface area contributed by atoms with Crippen LogP contribution in [0.5, 0.6) is 0 Å². The second-order valence-electron chi connectivity index (χ2n) is 2.94. The minimum absolute atomic E-state index is 0.219. The third-order valence-electron chi connectivity index (χ3n) is 1.99. The van der Waals surface area contributed by atoms with Gasteiger partial charge in [-0.15, -0.1) is 0 Å². The van der Waals surface area contributed by atoms with E-state index in [1.807, 2.05) is 0 Å². The summed E-state index contributed by atoms with van der Waals surface area (Å²) in [4.78, 5) is 2.22. The zero-order valence-electron chi connectivity index (χ0n) is 6.62. The third kappa shape index (κ3) is 3.29. The molecular formula is C6H14N2O2S. The summed E-state index contributed by atoms with van der Waals surface area (Å²) >= 11 is -1.84. The molecule has 0 radical (unpaired) electrons. The summed E-state index contributed by atoms with van der Waals surface area (Å²) in [6, 6.07) is 0.219. The van der Waals surface area contributed by atoms with E-state index in [0.717, 1.165) is 25.9 Å². The first-order valence-electron chi connectivity index (χ1n) is 3.74. The van der Waals surface area contributed by atoms with Gasteiger partial charge in [0.15, 0.2) is 0 Å². The molecule has 2 N–H and O–H groups in total. The average molecular weight is 178 g/mol. The summed E-state index contributed by atoms with van der Waals surface area (Å²) < 4.78 is 21.5. The Hall–Kier alpha value is 0.0300. The lowest BCUT2D eigenvalue weighted by Gasteiger charge is -2.28. The van der Waals surface area contributed by atoms with Crippen LogP contribution < -0.4 is 4.72 Å². The molecule has 5 heteroatoms. The lowest BCUT2D eigenvalue weighted by molar-refractivity contribution is 0.247. The Balaban J connectivity index is 2.22. The van der Waals surface area contributed by atoms with E-state index in [-0.39, 0.29) is 6.04 Å². The maximum absolute atomic E-state index is 10.3. The van der Waals surface area contributed by atoms with Crippen molar-refractivity contribution >= 4 is 11.3 Å². The molecule has 0 aromatic rings. The molecule has 4 nitrogen and oxygen atoms in total. The van der Waals surface area contributed by atoms with Gasteiger partial charge >= 0.3 is 0 Å². The van der Waals surface area contributed by atoms with Gasteiger partial charge in [-0.25, -0.2) is 8.93 Å². The van der Waals surface area contributed by atoms with Crippen molar-refractivity contribution in [3.63, 3.8) is 0 Å². The summed E-state index contributed by atoms with van der Waals surface area (Å²) in [5, 5.41) is 0. The fourth-order valence-corrected chi connectivity index (χ4v) is 1.79. The van der Waals surface area contributed by atoms with Crippen LogP contribution in [0.25, 0.3) is 0 Å². The number of likely N-dealkylation sites (tertiary alicyclic amines) is 1. The van der Waals surface area contributed by atoms with Crippen molar-refractivity contribution in [2.45, 2.75) is 18.9 Å². The summed E-state index contributed by atoms with van der Waals surface area (Å²) in [5.74, 6) is 0. The van der Waals surface area contributed by atoms with E-state index in [2.05, 4.69) is 16.7 Å². The highest BCUT2D eigenvalue weighted by atomic mass is 32.2. The maximum Gasteiger partial charge on any atom is 0.231 e. The number of piperidine rings is 1. The van der Waals surface area contributed by atoms with E-state index in [1.54, 1.807) is 0 Å². The molecule has 0 spiro atoms. The molecule has 0 saturated carbocycles. The molecule has 0 bridgehead atoms. The quantitative estimate of drug-likeness (QED) is 0.576. The van der Waals surface area contributed by atoms with Crippen molar-refractivity contribution in [3.8, 4) is 0 Å². The standard InChI is InChI=1S/C6H14N2O2S/c1-8-4-2-6(3-5-8)7-11(9)10/h6-7H,2-5H2,1H3,(H,9,10). The van der Waals surface area contributed by atoms with Crippen LogP contribution in [0.15, 0.2) is 0 Å². The fourth-order valence-electron chi connectivity index (χ4n) is 1.27. The number of hydrogen-bond donors (Lipinski definition) is 2. The van der Waals surface area contributed by atoms with Gasteiger partial charge in [0.05, 0.1) is 0 Å². The van der Waals surface area contributed by atoms with Crippen LogP contribution in [0.3, 0.4) is 0 Å². The molecule has 1 unspecified atom stereocenters. The van der Waals surface area contributed by atoms with Crippen LogP contribution in [0.2, 0.25) is 0 Å². The van der Waals surface area contributed by atoms with Crippen molar-refractivity contribution in [1.29, 1.82) is 0 Å². The lowest BCUT2D eigenvalue weighted by Crippen LogP contribution is -2.41. The van der Waals surface area contributed by atoms with E-state index in [1.165, 1.54) is 0 Å². The highest BCUT2D eigenvalue weighted by Crippen LogP contribution is 2.07. The highest BCUT2D eigenvalue weighted by Gasteiger charge is 2.17. The van der Waals surface area contributed by atoms with Crippen molar-refractivity contribution in [2.75, 3.05) is 20.1 Å². The minimum atomic E-state index is -1.84. The molecule has 1 saturated heterocycles. The Morgan fingerprint density at radius 1 is 1.55 bits per heavy atom. The second kappa shape index (κ2) is 4.15. The van der Waals surface area contributed by atoms with Gasteiger partial charge in [0.1, 0.15) is 0 Å². The topological polar surface area (TPSA) is 52.6 Å². The van der Waals surface area contributed by atoms with Gasteiger partial charge in [0.2, 0.25) is 11.3 Å². The Morgan fingerprint density at radius 3 is 2.55 bits per heavy atom. The van der Waals surface area contributed by atoms with Crippen LogP contribution >= 0.6 is 0 Å². The predicted molar refractivity (Wildman–Crippen MR) is 44.4 cm³/mol. The normalized spacial score (nSPS) is 25.3. The van der Waals surface area contributed by atoms with Crippen LogP contribution in [0, 0.1) is 0 Å². The first-order chi connectivity index (χ1) is 5.18. The SMILES string of the molecule is CN1CCC(NS(=O)O)CC1. The van der Waals surface area contributed by atoms with Gasteiger partial charge in [-0.05, 0) is 33.0 Å². The minimum Gasteiger partial charge on any atom is -0.306 e. The summed E-state index contributed by atoms with van der Waals surface area (Å²) in [7, 11) is 2.06. The van der Waals surface area contributed by atoms with E-state index in [9.17, 15) is 4.21 Å². The van der Waals surface area contributed by atoms with Crippen molar-refractivity contribution in [1.82, 2.24) is 9.62 Å². The molecule has 1 fully saturated rings. The van der Waals surface area contributed by atoms with Crippen molar-refractivity contribution in [2.24, 2.45) is 0 Å². The Bertz CT molecular complexity index is 146. The molecule has 1 rings (SSSR count). The van der Waals surface area contributed by atoms with Crippen molar-refractivity contribution < 1.29 is 8.76 Å². The molecule has 1 aliphatic heterocycles. The molecule has 0 aromatic carbocycles. The molecule has 0 aromatic heterocycles. The third-order valence-corrected chi connectivity index (χ3v) is 2.52. The molecule has 66 valence electrons. The van der Waals surface area contributed by atoms with E-state index in [0.29, 0.717) is 0 Å². The molecule has 1 aliphatic rings. The maximum atomic E-state index is 10.3. The molecule has 0 amide bonds. The van der Waals surface area contributed by atoms with Gasteiger partial charge in [0.25, 0.3) is 0 Å². The summed E-state index contributed by atoms with van der Waals surface area (Å²) in [6.07, 6.45) is 1.92. The van der Waals surface area contributed by atoms with Gasteiger partial charge in [0, 0.05) is 6.04 Å². The second-order valence-corrected chi connectivity index (χ2v) is 3.68. The first kappa shape index (κ1) is 9.12. The Morgan fingerprint density at radius 2 is 2.09 bits per heavy atom. The first-order valence-corrected chi connectivity index (χ1v) is 4.84. The monoisotopic (exact) mass is 178 g/mol. The largest absolute Gasteiger partial charge is 0.306 e. The number of nitrogens with zero attached hydrogens (tertiary/aromatic N) is 1. The number of hydrogen-bond acceptors (Lipinski definition) is 2. The van der Waals surface area contributed by atoms with E-state index >= 15 is 0 Å². The Labute approximate surface area is 69.4 Å². The van der Waals surface area contributed by atoms with Gasteiger partial charge < -0.3 is 4.90 Å². The summed E-state index contributed by atoms with van der Waals surface area (Å²) in [6.45, 7) is 2.02. The van der Waals surface area contributed by atoms with Crippen molar-refractivity contribution in [3.05, 3.63) is 0 Å². The number of nitrogens with one attached hydrogen (secondary N) is 1. The van der Waals surface area contributed by atoms with Gasteiger partial charge in [-0.3, -0.25) is 4.55 Å². The molecule has 11 heavy (non-hydrogen) atoms. The van der Waals surface area contributed by atoms with Gasteiger partial charge in [-0.1, -0.05) is 0 Å². The zero-order chi connectivity index (χ0) is 8.27. The highest BCUT2D eigenvalue weighted by molar-refractivity contribution is 7.77. The average Bonchev–Trinajstić information content (AvgIpc) is 1.93. The molecular weight excluding hydrogens is 164 g/mol. The van der Waals surface area contributed by atoms with E-state index in [4.69, 9.17) is 4.55 Å². The van der Waals surface area contributed by atoms with E-state index < -0.39 is 11.3 Å². The zero-order valence-corrected chi connectivity index (χ0v) is 7.43. The Kier molecular flexibility index (Phi) is 3.45. The van der Waals surface area contributed by atoms with Crippen LogP contribution in [-0.4, -0.2) is 39.8 Å². The predicted octanol–water partition coefficient (Wildman–Crippen LogP) is -0.193. The van der Waals surface area contributed by atoms with Crippen LogP contribution in [-0.2, 0) is 11.3 Å². The molecule has 1 heterocycles. The van der Waals surface area contributed by atoms with Gasteiger partial charge in [-0.2, -0.15) is 0 Å². The number of rotatable bonds is 2. The van der Waals surface area contributed by atoms with Crippen LogP contribution in [0.4, 0.5) is 0 Å². The lowest BCUT2D eigenvalue weighted by atomic mass is 10.1. The fraction of sp³-hybridized carbons (Fsp3) is 1.00. The molecule has 0 aliphatic carbocycles. The van der Waals surface area contributed by atoms with Crippen LogP contribution in [0.1, 0.15) is 12.8 Å². The smallest absolute Gasteiger partial charge is 0.231 e. The molecule has 1 atom stereocenters. The summed E-state index contributed by atoms with van der Waals surface area (Å²) in [5.41, 5.74) is 0.